The molecular weight excluding hydrogens is 439 g/mol. The van der Waals surface area contributed by atoms with E-state index in [1.165, 1.54) is 13.4 Å². The van der Waals surface area contributed by atoms with Crippen LogP contribution in [0, 0.1) is 0 Å². The van der Waals surface area contributed by atoms with Crippen LogP contribution < -0.4 is 16.0 Å². The molecule has 2 aromatic heterocycles. The average molecular weight is 462 g/mol. The van der Waals surface area contributed by atoms with Gasteiger partial charge in [0.15, 0.2) is 17.8 Å². The van der Waals surface area contributed by atoms with Gasteiger partial charge in [-0.2, -0.15) is 0 Å². The van der Waals surface area contributed by atoms with Crippen LogP contribution in [0.25, 0.3) is 11.2 Å². The second-order valence-corrected chi connectivity index (χ2v) is 9.14. The number of hydrogen-bond donors (Lipinski definition) is 2. The highest BCUT2D eigenvalue weighted by molar-refractivity contribution is 7.54. The number of esters is 1. The summed E-state index contributed by atoms with van der Waals surface area (Å²) in [5.41, 5.74) is 13.5. The van der Waals surface area contributed by atoms with Crippen LogP contribution in [0.5, 0.6) is 5.75 Å². The summed E-state index contributed by atoms with van der Waals surface area (Å²) >= 11 is 0. The first-order valence-corrected chi connectivity index (χ1v) is 11.5. The number of anilines is 1. The molecule has 0 unspecified atom stereocenters. The van der Waals surface area contributed by atoms with Gasteiger partial charge in [-0.3, -0.25) is 9.32 Å². The zero-order valence-corrected chi connectivity index (χ0v) is 18.2. The van der Waals surface area contributed by atoms with Crippen LogP contribution in [0.4, 0.5) is 5.82 Å². The Bertz CT molecular complexity index is 1140. The van der Waals surface area contributed by atoms with Gasteiger partial charge in [-0.05, 0) is 24.1 Å². The summed E-state index contributed by atoms with van der Waals surface area (Å²) < 4.78 is 36.1. The molecule has 32 heavy (non-hydrogen) atoms. The fourth-order valence-corrected chi connectivity index (χ4v) is 4.63. The Kier molecular flexibility index (Phi) is 6.38. The molecular formula is C19H23N6O6P. The molecule has 1 aliphatic rings. The van der Waals surface area contributed by atoms with E-state index < -0.39 is 19.6 Å². The Morgan fingerprint density at radius 3 is 2.78 bits per heavy atom. The number of benzene rings is 1. The first-order valence-electron chi connectivity index (χ1n) is 9.75. The summed E-state index contributed by atoms with van der Waals surface area (Å²) in [7, 11) is -2.19. The van der Waals surface area contributed by atoms with Crippen molar-refractivity contribution < 1.29 is 27.9 Å². The van der Waals surface area contributed by atoms with E-state index >= 15 is 0 Å². The molecule has 12 nitrogen and oxygen atoms in total. The van der Waals surface area contributed by atoms with Crippen molar-refractivity contribution in [3.8, 4) is 5.75 Å². The molecule has 1 fully saturated rings. The van der Waals surface area contributed by atoms with Crippen LogP contribution in [-0.2, 0) is 36.3 Å². The Morgan fingerprint density at radius 2 is 2.09 bits per heavy atom. The monoisotopic (exact) mass is 462 g/mol. The molecule has 170 valence electrons. The molecule has 3 aromatic rings. The maximum Gasteiger partial charge on any atom is 0.404 e. The second-order valence-electron chi connectivity index (χ2n) is 7.22. The van der Waals surface area contributed by atoms with Gasteiger partial charge in [0.05, 0.1) is 26.6 Å². The number of nitrogen functional groups attached to an aromatic ring is 1. The number of carbonyl (C=O) groups is 1. The molecule has 13 heteroatoms. The van der Waals surface area contributed by atoms with Gasteiger partial charge < -0.3 is 30.0 Å². The van der Waals surface area contributed by atoms with E-state index in [1.54, 1.807) is 35.2 Å². The average Bonchev–Trinajstić information content (AvgIpc) is 3.20. The van der Waals surface area contributed by atoms with E-state index in [0.717, 1.165) is 5.56 Å². The Morgan fingerprint density at radius 1 is 1.31 bits per heavy atom. The first kappa shape index (κ1) is 22.2. The lowest BCUT2D eigenvalue weighted by molar-refractivity contribution is -0.142. The summed E-state index contributed by atoms with van der Waals surface area (Å²) in [6.07, 6.45) is 2.71. The highest BCUT2D eigenvalue weighted by Crippen LogP contribution is 2.50. The normalized spacial score (nSPS) is 21.9. The van der Waals surface area contributed by atoms with Crippen LogP contribution in [0.3, 0.4) is 0 Å². The molecule has 1 aromatic carbocycles. The minimum absolute atomic E-state index is 0.0730. The van der Waals surface area contributed by atoms with Crippen molar-refractivity contribution in [2.75, 3.05) is 25.8 Å². The predicted octanol–water partition coefficient (Wildman–Crippen LogP) is 1.10. The first-order chi connectivity index (χ1) is 15.4. The van der Waals surface area contributed by atoms with E-state index in [0.29, 0.717) is 35.7 Å². The standard InChI is InChI=1S/C19H23N6O6P/c1-28-19(26)15(20)6-12-2-4-13(5-3-12)31-32(27)11-29-14(8-30-32)7-25-10-24-16-17(21)22-9-23-18(16)25/h2-5,9-10,14-15H,6-8,11,20H2,1H3,(H2,21,22,23)/t14-,15-,32+/m0/s1. The number of rotatable bonds is 7. The third-order valence-electron chi connectivity index (χ3n) is 4.88. The third-order valence-corrected chi connectivity index (χ3v) is 6.38. The van der Waals surface area contributed by atoms with Crippen LogP contribution in [0.2, 0.25) is 0 Å². The number of methoxy groups -OCH3 is 1. The SMILES string of the molecule is COC(=O)[C@@H](N)Cc1ccc(O[P@@]2(=O)CO[C@@H](Cn3cnc4c(N)ncnc43)CO2)cc1. The minimum atomic E-state index is -3.47. The zero-order valence-electron chi connectivity index (χ0n) is 17.3. The fourth-order valence-electron chi connectivity index (χ4n) is 3.22. The lowest BCUT2D eigenvalue weighted by atomic mass is 10.1. The van der Waals surface area contributed by atoms with Crippen molar-refractivity contribution in [1.29, 1.82) is 0 Å². The molecule has 1 aliphatic heterocycles. The van der Waals surface area contributed by atoms with Gasteiger partial charge >= 0.3 is 13.6 Å². The lowest BCUT2D eigenvalue weighted by Crippen LogP contribution is -2.33. The molecule has 1 saturated heterocycles. The Labute approximate surface area is 183 Å². The van der Waals surface area contributed by atoms with Gasteiger partial charge in [0.1, 0.15) is 29.7 Å². The van der Waals surface area contributed by atoms with Crippen molar-refractivity contribution in [3.63, 3.8) is 0 Å². The van der Waals surface area contributed by atoms with Crippen LogP contribution in [0.15, 0.2) is 36.9 Å². The number of ether oxygens (including phenoxy) is 2. The quantitative estimate of drug-likeness (QED) is 0.381. The number of carbonyl (C=O) groups excluding carboxylic acids is 1. The van der Waals surface area contributed by atoms with E-state index in [-0.39, 0.29) is 19.1 Å². The van der Waals surface area contributed by atoms with E-state index in [2.05, 4.69) is 19.7 Å². The number of nitrogens with two attached hydrogens (primary N) is 2. The molecule has 0 aliphatic carbocycles. The van der Waals surface area contributed by atoms with Gasteiger partial charge in [-0.1, -0.05) is 12.1 Å². The van der Waals surface area contributed by atoms with E-state index in [4.69, 9.17) is 25.3 Å². The molecule has 0 spiro atoms. The number of fused-ring (bicyclic) bond motifs is 1. The van der Waals surface area contributed by atoms with Crippen LogP contribution >= 0.6 is 7.60 Å². The lowest BCUT2D eigenvalue weighted by Gasteiger charge is -2.29. The van der Waals surface area contributed by atoms with Crippen molar-refractivity contribution in [2.45, 2.75) is 25.1 Å². The molecule has 4 rings (SSSR count). The van der Waals surface area contributed by atoms with Gasteiger partial charge in [0.25, 0.3) is 0 Å². The summed E-state index contributed by atoms with van der Waals surface area (Å²) in [5, 5.41) is 0. The summed E-state index contributed by atoms with van der Waals surface area (Å²) in [6, 6.07) is 5.98. The molecule has 0 radical (unpaired) electrons. The molecule has 3 atom stereocenters. The van der Waals surface area contributed by atoms with Gasteiger partial charge in [0, 0.05) is 0 Å². The molecule has 0 amide bonds. The maximum absolute atomic E-state index is 12.9. The zero-order chi connectivity index (χ0) is 22.7. The molecule has 3 heterocycles. The van der Waals surface area contributed by atoms with Crippen molar-refractivity contribution in [1.82, 2.24) is 19.5 Å². The number of imidazole rings is 1. The smallest absolute Gasteiger partial charge is 0.404 e. The number of hydrogen-bond acceptors (Lipinski definition) is 11. The fraction of sp³-hybridized carbons (Fsp3) is 0.368. The largest absolute Gasteiger partial charge is 0.468 e. The molecule has 0 bridgehead atoms. The van der Waals surface area contributed by atoms with Gasteiger partial charge in [-0.25, -0.2) is 19.5 Å². The van der Waals surface area contributed by atoms with Crippen molar-refractivity contribution in [3.05, 3.63) is 42.5 Å². The van der Waals surface area contributed by atoms with E-state index in [9.17, 15) is 9.36 Å². The highest BCUT2D eigenvalue weighted by Gasteiger charge is 2.35. The maximum atomic E-state index is 12.9. The van der Waals surface area contributed by atoms with Crippen molar-refractivity contribution in [2.24, 2.45) is 5.73 Å². The summed E-state index contributed by atoms with van der Waals surface area (Å²) in [5.74, 6) is 0.168. The summed E-state index contributed by atoms with van der Waals surface area (Å²) in [6.45, 7) is 0.464. The van der Waals surface area contributed by atoms with Crippen molar-refractivity contribution >= 4 is 30.5 Å². The molecule has 4 N–H and O–H groups in total. The topological polar surface area (TPSA) is 167 Å². The minimum Gasteiger partial charge on any atom is -0.468 e. The van der Waals surface area contributed by atoms with Gasteiger partial charge in [-0.15, -0.1) is 0 Å². The Hall–Kier alpha value is -3.05. The van der Waals surface area contributed by atoms with Crippen LogP contribution in [0.1, 0.15) is 5.56 Å². The number of nitrogens with zero attached hydrogens (tertiary/aromatic N) is 4. The van der Waals surface area contributed by atoms with E-state index in [1.807, 2.05) is 0 Å². The predicted molar refractivity (Wildman–Crippen MR) is 114 cm³/mol. The number of aromatic nitrogens is 4. The Balaban J connectivity index is 1.32. The van der Waals surface area contributed by atoms with Crippen LogP contribution in [-0.4, -0.2) is 57.7 Å². The van der Waals surface area contributed by atoms with Gasteiger partial charge in [0.2, 0.25) is 0 Å². The molecule has 0 saturated carbocycles. The summed E-state index contributed by atoms with van der Waals surface area (Å²) in [4.78, 5) is 23.8. The highest BCUT2D eigenvalue weighted by atomic mass is 31.2. The third kappa shape index (κ3) is 4.89. The second kappa shape index (κ2) is 9.21.